The first-order chi connectivity index (χ1) is 12.8. The molecule has 0 fully saturated rings. The number of benzene rings is 2. The number of ether oxygens (including phenoxy) is 1. The van der Waals surface area contributed by atoms with Crippen molar-refractivity contribution >= 4 is 28.6 Å². The Hall–Kier alpha value is -2.74. The molecule has 2 N–H and O–H groups in total. The zero-order chi connectivity index (χ0) is 19.4. The zero-order valence-electron chi connectivity index (χ0n) is 14.2. The van der Waals surface area contributed by atoms with Crippen LogP contribution in [-0.4, -0.2) is 34.6 Å². The van der Waals surface area contributed by atoms with E-state index in [2.05, 4.69) is 16.1 Å². The summed E-state index contributed by atoms with van der Waals surface area (Å²) in [6.07, 6.45) is -1.84. The van der Waals surface area contributed by atoms with E-state index in [1.165, 1.54) is 29.8 Å². The third kappa shape index (κ3) is 5.37. The fourth-order valence-corrected chi connectivity index (χ4v) is 3.02. The minimum atomic E-state index is -4.71. The second kappa shape index (κ2) is 7.87. The van der Waals surface area contributed by atoms with Gasteiger partial charge in [0.25, 0.3) is 0 Å². The van der Waals surface area contributed by atoms with E-state index in [1.807, 2.05) is 17.0 Å². The van der Waals surface area contributed by atoms with Crippen LogP contribution in [0.25, 0.3) is 5.57 Å². The van der Waals surface area contributed by atoms with Gasteiger partial charge < -0.3 is 20.1 Å². The molecule has 0 spiro atoms. The van der Waals surface area contributed by atoms with Crippen LogP contribution in [-0.2, 0) is 0 Å². The number of anilines is 1. The quantitative estimate of drug-likeness (QED) is 0.734. The van der Waals surface area contributed by atoms with E-state index in [0.717, 1.165) is 12.0 Å². The molecule has 1 aliphatic heterocycles. The number of phenolic OH excluding ortho intramolecular Hbond substituents is 1. The van der Waals surface area contributed by atoms with Gasteiger partial charge in [0.1, 0.15) is 11.5 Å². The van der Waals surface area contributed by atoms with Crippen LogP contribution < -0.4 is 10.1 Å². The third-order valence-corrected chi connectivity index (χ3v) is 4.43. The highest BCUT2D eigenvalue weighted by Crippen LogP contribution is 2.26. The molecule has 0 amide bonds. The largest absolute Gasteiger partial charge is 0.573 e. The van der Waals surface area contributed by atoms with Crippen LogP contribution in [0, 0.1) is 0 Å². The molecule has 4 nitrogen and oxygen atoms in total. The average molecular weight is 394 g/mol. The molecule has 1 aliphatic rings. The van der Waals surface area contributed by atoms with Gasteiger partial charge in [-0.15, -0.1) is 13.2 Å². The molecule has 0 saturated carbocycles. The molecular formula is C19H17F3N2O2S. The van der Waals surface area contributed by atoms with Gasteiger partial charge in [-0.3, -0.25) is 0 Å². The Bertz CT molecular complexity index is 834. The maximum atomic E-state index is 12.2. The van der Waals surface area contributed by atoms with Crippen LogP contribution in [0.4, 0.5) is 18.9 Å². The molecule has 0 aromatic heterocycles. The van der Waals surface area contributed by atoms with Crippen molar-refractivity contribution in [2.75, 3.05) is 18.4 Å². The molecule has 0 saturated heterocycles. The summed E-state index contributed by atoms with van der Waals surface area (Å²) < 4.78 is 40.4. The Morgan fingerprint density at radius 1 is 1.07 bits per heavy atom. The average Bonchev–Trinajstić information content (AvgIpc) is 2.63. The maximum absolute atomic E-state index is 12.2. The SMILES string of the molecule is Oc1ccc(C2=CCN(C(=S)Nc3ccc(OC(F)(F)F)cc3)CC2)cc1. The molecule has 2 aromatic rings. The lowest BCUT2D eigenvalue weighted by molar-refractivity contribution is -0.274. The lowest BCUT2D eigenvalue weighted by Gasteiger charge is -2.29. The number of phenols is 1. The summed E-state index contributed by atoms with van der Waals surface area (Å²) in [5.74, 6) is -0.0489. The molecule has 0 aliphatic carbocycles. The van der Waals surface area contributed by atoms with Crippen molar-refractivity contribution in [3.8, 4) is 11.5 Å². The number of nitrogens with zero attached hydrogens (tertiary/aromatic N) is 1. The molecule has 0 radical (unpaired) electrons. The predicted molar refractivity (Wildman–Crippen MR) is 102 cm³/mol. The van der Waals surface area contributed by atoms with Gasteiger partial charge in [-0.2, -0.15) is 0 Å². The van der Waals surface area contributed by atoms with Crippen molar-refractivity contribution in [3.05, 3.63) is 60.2 Å². The van der Waals surface area contributed by atoms with Crippen LogP contribution >= 0.6 is 12.2 Å². The molecule has 2 aromatic carbocycles. The van der Waals surface area contributed by atoms with Crippen molar-refractivity contribution in [3.63, 3.8) is 0 Å². The van der Waals surface area contributed by atoms with Crippen LogP contribution in [0.1, 0.15) is 12.0 Å². The minimum Gasteiger partial charge on any atom is -0.508 e. The number of aromatic hydroxyl groups is 1. The fourth-order valence-electron chi connectivity index (χ4n) is 2.73. The summed E-state index contributed by atoms with van der Waals surface area (Å²) in [5.41, 5.74) is 2.83. The van der Waals surface area contributed by atoms with Crippen LogP contribution in [0.3, 0.4) is 0 Å². The Morgan fingerprint density at radius 3 is 2.30 bits per heavy atom. The Balaban J connectivity index is 1.57. The van der Waals surface area contributed by atoms with Gasteiger partial charge in [-0.05, 0) is 66.2 Å². The zero-order valence-corrected chi connectivity index (χ0v) is 15.0. The number of halogens is 3. The number of alkyl halides is 3. The van der Waals surface area contributed by atoms with Gasteiger partial charge in [0, 0.05) is 18.8 Å². The lowest BCUT2D eigenvalue weighted by atomic mass is 9.99. The number of nitrogens with one attached hydrogen (secondary N) is 1. The predicted octanol–water partition coefficient (Wildman–Crippen LogP) is 4.78. The van der Waals surface area contributed by atoms with Crippen molar-refractivity contribution in [1.82, 2.24) is 4.90 Å². The number of thiocarbonyl (C=S) groups is 1. The first-order valence-electron chi connectivity index (χ1n) is 8.20. The summed E-state index contributed by atoms with van der Waals surface area (Å²) in [6.45, 7) is 1.34. The van der Waals surface area contributed by atoms with Crippen molar-refractivity contribution in [2.24, 2.45) is 0 Å². The second-order valence-corrected chi connectivity index (χ2v) is 6.36. The summed E-state index contributed by atoms with van der Waals surface area (Å²) in [5, 5.41) is 12.9. The van der Waals surface area contributed by atoms with Gasteiger partial charge in [-0.25, -0.2) is 0 Å². The van der Waals surface area contributed by atoms with E-state index in [4.69, 9.17) is 12.2 Å². The molecule has 0 bridgehead atoms. The van der Waals surface area contributed by atoms with E-state index in [0.29, 0.717) is 23.9 Å². The summed E-state index contributed by atoms with van der Waals surface area (Å²) in [4.78, 5) is 1.97. The van der Waals surface area contributed by atoms with Crippen LogP contribution in [0.5, 0.6) is 11.5 Å². The molecule has 142 valence electrons. The van der Waals surface area contributed by atoms with Crippen molar-refractivity contribution in [1.29, 1.82) is 0 Å². The molecule has 1 heterocycles. The summed E-state index contributed by atoms with van der Waals surface area (Å²) in [7, 11) is 0. The maximum Gasteiger partial charge on any atom is 0.573 e. The Morgan fingerprint density at radius 2 is 1.74 bits per heavy atom. The smallest absolute Gasteiger partial charge is 0.508 e. The number of hydrogen-bond donors (Lipinski definition) is 2. The second-order valence-electron chi connectivity index (χ2n) is 5.97. The normalized spacial score (nSPS) is 14.5. The highest BCUT2D eigenvalue weighted by Gasteiger charge is 2.31. The Labute approximate surface area is 159 Å². The van der Waals surface area contributed by atoms with Crippen molar-refractivity contribution < 1.29 is 23.0 Å². The van der Waals surface area contributed by atoms with Gasteiger partial charge >= 0.3 is 6.36 Å². The van der Waals surface area contributed by atoms with Gasteiger partial charge in [0.2, 0.25) is 0 Å². The number of rotatable bonds is 3. The first kappa shape index (κ1) is 19.0. The molecule has 0 atom stereocenters. The fraction of sp³-hybridized carbons (Fsp3) is 0.211. The summed E-state index contributed by atoms with van der Waals surface area (Å²) in [6, 6.07) is 12.5. The molecule has 27 heavy (non-hydrogen) atoms. The minimum absolute atomic E-state index is 0.230. The van der Waals surface area contributed by atoms with E-state index >= 15 is 0 Å². The monoisotopic (exact) mass is 394 g/mol. The van der Waals surface area contributed by atoms with Gasteiger partial charge in [0.05, 0.1) is 0 Å². The standard InChI is InChI=1S/C19H17F3N2O2S/c20-19(21,22)26-17-7-3-15(4-8-17)23-18(27)24-11-9-14(10-12-24)13-1-5-16(25)6-2-13/h1-9,25H,10-12H2,(H,23,27). The van der Waals surface area contributed by atoms with E-state index in [9.17, 15) is 18.3 Å². The highest BCUT2D eigenvalue weighted by atomic mass is 32.1. The topological polar surface area (TPSA) is 44.7 Å². The molecular weight excluding hydrogens is 377 g/mol. The molecule has 0 unspecified atom stereocenters. The summed E-state index contributed by atoms with van der Waals surface area (Å²) >= 11 is 5.39. The van der Waals surface area contributed by atoms with E-state index in [-0.39, 0.29) is 11.5 Å². The highest BCUT2D eigenvalue weighted by molar-refractivity contribution is 7.80. The van der Waals surface area contributed by atoms with Crippen LogP contribution in [0.2, 0.25) is 0 Å². The Kier molecular flexibility index (Phi) is 5.55. The van der Waals surface area contributed by atoms with Crippen LogP contribution in [0.15, 0.2) is 54.6 Å². The van der Waals surface area contributed by atoms with E-state index < -0.39 is 6.36 Å². The molecule has 8 heteroatoms. The first-order valence-corrected chi connectivity index (χ1v) is 8.61. The van der Waals surface area contributed by atoms with Gasteiger partial charge in [0.15, 0.2) is 5.11 Å². The van der Waals surface area contributed by atoms with Crippen molar-refractivity contribution in [2.45, 2.75) is 12.8 Å². The van der Waals surface area contributed by atoms with Gasteiger partial charge in [-0.1, -0.05) is 18.2 Å². The van der Waals surface area contributed by atoms with E-state index in [1.54, 1.807) is 12.1 Å². The number of hydrogen-bond acceptors (Lipinski definition) is 3. The lowest BCUT2D eigenvalue weighted by Crippen LogP contribution is -2.37. The third-order valence-electron chi connectivity index (χ3n) is 4.07. The molecule has 3 rings (SSSR count).